The van der Waals surface area contributed by atoms with Crippen molar-refractivity contribution >= 4 is 16.8 Å². The molecule has 0 radical (unpaired) electrons. The van der Waals surface area contributed by atoms with E-state index in [0.29, 0.717) is 6.42 Å². The lowest BCUT2D eigenvalue weighted by atomic mass is 10.1. The molecule has 0 aliphatic carbocycles. The van der Waals surface area contributed by atoms with Gasteiger partial charge in [0, 0.05) is 54.9 Å². The van der Waals surface area contributed by atoms with Crippen LogP contribution in [0.2, 0.25) is 0 Å². The van der Waals surface area contributed by atoms with Gasteiger partial charge < -0.3 is 14.9 Å². The number of aryl methyl sites for hydroxylation is 2. The Morgan fingerprint density at radius 1 is 1.39 bits per heavy atom. The topological polar surface area (TPSA) is 62.7 Å². The van der Waals surface area contributed by atoms with Gasteiger partial charge in [-0.05, 0) is 24.5 Å². The third-order valence-electron chi connectivity index (χ3n) is 4.60. The van der Waals surface area contributed by atoms with E-state index in [2.05, 4.69) is 32.0 Å². The molecule has 1 atom stereocenters. The molecule has 4 rings (SSSR count). The van der Waals surface area contributed by atoms with Crippen molar-refractivity contribution in [1.29, 1.82) is 0 Å². The second-order valence-corrected chi connectivity index (χ2v) is 6.16. The number of amides is 1. The minimum Gasteiger partial charge on any atom is -0.361 e. The number of aromatic nitrogens is 3. The maximum Gasteiger partial charge on any atom is 0.220 e. The van der Waals surface area contributed by atoms with Gasteiger partial charge in [-0.3, -0.25) is 4.79 Å². The predicted octanol–water partition coefficient (Wildman–Crippen LogP) is 2.43. The normalized spacial score (nSPS) is 17.1. The molecule has 118 valence electrons. The largest absolute Gasteiger partial charge is 0.361 e. The van der Waals surface area contributed by atoms with Crippen molar-refractivity contribution < 1.29 is 4.79 Å². The van der Waals surface area contributed by atoms with Gasteiger partial charge in [-0.15, -0.1) is 0 Å². The fourth-order valence-electron chi connectivity index (χ4n) is 3.37. The first kappa shape index (κ1) is 14.1. The Balaban J connectivity index is 1.34. The minimum absolute atomic E-state index is 0.129. The number of imidazole rings is 1. The summed E-state index contributed by atoms with van der Waals surface area (Å²) < 4.78 is 2.13. The van der Waals surface area contributed by atoms with E-state index >= 15 is 0 Å². The van der Waals surface area contributed by atoms with Gasteiger partial charge in [0.25, 0.3) is 0 Å². The summed E-state index contributed by atoms with van der Waals surface area (Å²) in [4.78, 5) is 19.8. The molecule has 0 saturated heterocycles. The molecule has 23 heavy (non-hydrogen) atoms. The van der Waals surface area contributed by atoms with Gasteiger partial charge in [-0.25, -0.2) is 4.98 Å². The first-order chi connectivity index (χ1) is 11.3. The lowest BCUT2D eigenvalue weighted by molar-refractivity contribution is -0.121. The van der Waals surface area contributed by atoms with Crippen LogP contribution in [-0.4, -0.2) is 26.5 Å². The van der Waals surface area contributed by atoms with E-state index in [0.717, 1.165) is 37.1 Å². The third-order valence-corrected chi connectivity index (χ3v) is 4.60. The van der Waals surface area contributed by atoms with E-state index in [1.807, 2.05) is 30.7 Å². The molecule has 0 fully saturated rings. The number of carbonyl (C=O) groups excluding carboxylic acids is 1. The standard InChI is InChI=1S/C18H20N4O/c23-18(21-14-6-7-17-19-9-10-22(17)12-14)8-5-13-11-20-16-4-2-1-3-15(13)16/h1-4,9-11,14,20H,5-8,12H2,(H,21,23). The molecule has 0 spiro atoms. The Labute approximate surface area is 134 Å². The monoisotopic (exact) mass is 308 g/mol. The molecule has 3 aromatic rings. The molecule has 0 saturated carbocycles. The van der Waals surface area contributed by atoms with Crippen LogP contribution >= 0.6 is 0 Å². The summed E-state index contributed by atoms with van der Waals surface area (Å²) in [5.41, 5.74) is 2.33. The van der Waals surface area contributed by atoms with Crippen molar-refractivity contribution in [2.75, 3.05) is 0 Å². The van der Waals surface area contributed by atoms with Crippen LogP contribution < -0.4 is 5.32 Å². The summed E-state index contributed by atoms with van der Waals surface area (Å²) in [6.45, 7) is 0.828. The van der Waals surface area contributed by atoms with Crippen LogP contribution in [0.3, 0.4) is 0 Å². The number of nitrogens with one attached hydrogen (secondary N) is 2. The highest BCUT2D eigenvalue weighted by atomic mass is 16.1. The van der Waals surface area contributed by atoms with Crippen LogP contribution in [0.15, 0.2) is 42.9 Å². The summed E-state index contributed by atoms with van der Waals surface area (Å²) in [5, 5.41) is 4.37. The van der Waals surface area contributed by atoms with Gasteiger partial charge >= 0.3 is 0 Å². The minimum atomic E-state index is 0.129. The Kier molecular flexibility index (Phi) is 3.61. The number of para-hydroxylation sites is 1. The van der Waals surface area contributed by atoms with E-state index in [-0.39, 0.29) is 11.9 Å². The van der Waals surface area contributed by atoms with Crippen molar-refractivity contribution in [1.82, 2.24) is 19.9 Å². The molecule has 2 aromatic heterocycles. The number of hydrogen-bond donors (Lipinski definition) is 2. The molecule has 1 unspecified atom stereocenters. The molecule has 1 aliphatic heterocycles. The van der Waals surface area contributed by atoms with Crippen molar-refractivity contribution in [3.63, 3.8) is 0 Å². The van der Waals surface area contributed by atoms with Crippen molar-refractivity contribution in [2.45, 2.75) is 38.3 Å². The van der Waals surface area contributed by atoms with Gasteiger partial charge in [-0.1, -0.05) is 18.2 Å². The predicted molar refractivity (Wildman–Crippen MR) is 89.1 cm³/mol. The van der Waals surface area contributed by atoms with Gasteiger partial charge in [0.2, 0.25) is 5.91 Å². The van der Waals surface area contributed by atoms with E-state index in [1.165, 1.54) is 10.9 Å². The number of carbonyl (C=O) groups is 1. The summed E-state index contributed by atoms with van der Waals surface area (Å²) in [5.74, 6) is 1.25. The Morgan fingerprint density at radius 3 is 3.26 bits per heavy atom. The zero-order chi connectivity index (χ0) is 15.6. The Bertz CT molecular complexity index is 832. The molecule has 5 heteroatoms. The van der Waals surface area contributed by atoms with Gasteiger partial charge in [0.15, 0.2) is 0 Å². The average molecular weight is 308 g/mol. The second kappa shape index (κ2) is 5.91. The maximum atomic E-state index is 12.2. The quantitative estimate of drug-likeness (QED) is 0.777. The zero-order valence-corrected chi connectivity index (χ0v) is 13.0. The number of rotatable bonds is 4. The smallest absolute Gasteiger partial charge is 0.220 e. The number of H-pyrrole nitrogens is 1. The van der Waals surface area contributed by atoms with Crippen LogP contribution in [0.1, 0.15) is 24.2 Å². The second-order valence-electron chi connectivity index (χ2n) is 6.16. The highest BCUT2D eigenvalue weighted by Gasteiger charge is 2.20. The van der Waals surface area contributed by atoms with E-state index in [1.54, 1.807) is 0 Å². The maximum absolute atomic E-state index is 12.2. The number of nitrogens with zero attached hydrogens (tertiary/aromatic N) is 2. The summed E-state index contributed by atoms with van der Waals surface area (Å²) in [6.07, 6.45) is 9.01. The van der Waals surface area contributed by atoms with Crippen molar-refractivity contribution in [3.8, 4) is 0 Å². The molecule has 5 nitrogen and oxygen atoms in total. The van der Waals surface area contributed by atoms with Crippen LogP contribution in [0.4, 0.5) is 0 Å². The van der Waals surface area contributed by atoms with Crippen LogP contribution in [0, 0.1) is 0 Å². The lowest BCUT2D eigenvalue weighted by Gasteiger charge is -2.24. The third kappa shape index (κ3) is 2.86. The van der Waals surface area contributed by atoms with E-state index in [4.69, 9.17) is 0 Å². The molecule has 0 bridgehead atoms. The first-order valence-electron chi connectivity index (χ1n) is 8.14. The lowest BCUT2D eigenvalue weighted by Crippen LogP contribution is -2.40. The number of hydrogen-bond acceptors (Lipinski definition) is 2. The highest BCUT2D eigenvalue weighted by molar-refractivity contribution is 5.84. The Hall–Kier alpha value is -2.56. The molecular weight excluding hydrogens is 288 g/mol. The van der Waals surface area contributed by atoms with Crippen LogP contribution in [0.25, 0.3) is 10.9 Å². The number of benzene rings is 1. The molecular formula is C18H20N4O. The molecule has 3 heterocycles. The van der Waals surface area contributed by atoms with Crippen LogP contribution in [-0.2, 0) is 24.2 Å². The fraction of sp³-hybridized carbons (Fsp3) is 0.333. The molecule has 1 aromatic carbocycles. The molecule has 2 N–H and O–H groups in total. The summed E-state index contributed by atoms with van der Waals surface area (Å²) in [7, 11) is 0. The van der Waals surface area contributed by atoms with Crippen molar-refractivity contribution in [2.24, 2.45) is 0 Å². The number of fused-ring (bicyclic) bond motifs is 2. The molecule has 1 amide bonds. The van der Waals surface area contributed by atoms with Gasteiger partial charge in [0.1, 0.15) is 5.82 Å². The SMILES string of the molecule is O=C(CCc1c[nH]c2ccccc12)NC1CCc2nccn2C1. The van der Waals surface area contributed by atoms with Gasteiger partial charge in [0.05, 0.1) is 0 Å². The fourth-order valence-corrected chi connectivity index (χ4v) is 3.37. The molecule has 1 aliphatic rings. The van der Waals surface area contributed by atoms with E-state index in [9.17, 15) is 4.79 Å². The van der Waals surface area contributed by atoms with Crippen LogP contribution in [0.5, 0.6) is 0 Å². The zero-order valence-electron chi connectivity index (χ0n) is 13.0. The summed E-state index contributed by atoms with van der Waals surface area (Å²) in [6, 6.07) is 8.42. The first-order valence-corrected chi connectivity index (χ1v) is 8.14. The highest BCUT2D eigenvalue weighted by Crippen LogP contribution is 2.19. The van der Waals surface area contributed by atoms with Crippen molar-refractivity contribution in [3.05, 3.63) is 54.2 Å². The average Bonchev–Trinajstić information content (AvgIpc) is 3.19. The Morgan fingerprint density at radius 2 is 2.30 bits per heavy atom. The van der Waals surface area contributed by atoms with E-state index < -0.39 is 0 Å². The van der Waals surface area contributed by atoms with Gasteiger partial charge in [-0.2, -0.15) is 0 Å². The number of aromatic amines is 1. The summed E-state index contributed by atoms with van der Waals surface area (Å²) >= 11 is 0.